The first kappa shape index (κ1) is 15.7. The molecule has 1 atom stereocenters. The van der Waals surface area contributed by atoms with Crippen molar-refractivity contribution in [2.75, 3.05) is 7.05 Å². The summed E-state index contributed by atoms with van der Waals surface area (Å²) in [6, 6.07) is -0.225. The van der Waals surface area contributed by atoms with E-state index in [-0.39, 0.29) is 12.1 Å². The quantitative estimate of drug-likeness (QED) is 0.751. The summed E-state index contributed by atoms with van der Waals surface area (Å²) in [6.45, 7) is 7.08. The summed E-state index contributed by atoms with van der Waals surface area (Å²) >= 11 is 0. The Morgan fingerprint density at radius 2 is 1.88 bits per heavy atom. The Kier molecular flexibility index (Phi) is 5.99. The van der Waals surface area contributed by atoms with Crippen LogP contribution in [0, 0.1) is 0 Å². The van der Waals surface area contributed by atoms with Gasteiger partial charge in [-0.15, -0.1) is 0 Å². The molecule has 17 heavy (non-hydrogen) atoms. The molecule has 0 aromatic carbocycles. The predicted octanol–water partition coefficient (Wildman–Crippen LogP) is 2.07. The highest BCUT2D eigenvalue weighted by molar-refractivity contribution is 5.85. The largest absolute Gasteiger partial charge is 0.480 e. The molecule has 0 heterocycles. The van der Waals surface area contributed by atoms with Crippen LogP contribution < -0.4 is 5.32 Å². The van der Waals surface area contributed by atoms with Gasteiger partial charge in [-0.05, 0) is 26.7 Å². The van der Waals surface area contributed by atoms with Crippen LogP contribution in [0.25, 0.3) is 0 Å². The van der Waals surface area contributed by atoms with E-state index in [0.29, 0.717) is 0 Å². The maximum atomic E-state index is 11.9. The molecule has 0 fully saturated rings. The van der Waals surface area contributed by atoms with Gasteiger partial charge >= 0.3 is 12.0 Å². The van der Waals surface area contributed by atoms with Gasteiger partial charge in [-0.3, -0.25) is 0 Å². The standard InChI is InChI=1S/C12H24N2O3/c1-6-8-9(7-2)13-11(17)14(5)12(3,4)10(15)16/h9H,6-8H2,1-5H3,(H,13,17)(H,15,16). The van der Waals surface area contributed by atoms with Crippen molar-refractivity contribution in [3.8, 4) is 0 Å². The van der Waals surface area contributed by atoms with Gasteiger partial charge in [-0.2, -0.15) is 0 Å². The highest BCUT2D eigenvalue weighted by Gasteiger charge is 2.35. The molecule has 0 rings (SSSR count). The van der Waals surface area contributed by atoms with Crippen LogP contribution in [0.1, 0.15) is 47.0 Å². The summed E-state index contributed by atoms with van der Waals surface area (Å²) in [5, 5.41) is 11.9. The highest BCUT2D eigenvalue weighted by atomic mass is 16.4. The van der Waals surface area contributed by atoms with Crippen LogP contribution in [0.3, 0.4) is 0 Å². The van der Waals surface area contributed by atoms with Gasteiger partial charge in [-0.25, -0.2) is 9.59 Å². The molecule has 0 aliphatic rings. The normalized spacial score (nSPS) is 13.0. The van der Waals surface area contributed by atoms with Crippen molar-refractivity contribution in [2.45, 2.75) is 58.5 Å². The molecule has 0 aliphatic carbocycles. The zero-order valence-electron chi connectivity index (χ0n) is 11.4. The molecule has 0 bridgehead atoms. The summed E-state index contributed by atoms with van der Waals surface area (Å²) in [7, 11) is 1.50. The van der Waals surface area contributed by atoms with Crippen LogP contribution in [0.5, 0.6) is 0 Å². The molecule has 1 unspecified atom stereocenters. The van der Waals surface area contributed by atoms with Gasteiger partial charge in [0, 0.05) is 13.1 Å². The average molecular weight is 244 g/mol. The van der Waals surface area contributed by atoms with E-state index in [1.165, 1.54) is 25.8 Å². The predicted molar refractivity (Wildman–Crippen MR) is 67.0 cm³/mol. The van der Waals surface area contributed by atoms with Gasteiger partial charge < -0.3 is 15.3 Å². The highest BCUT2D eigenvalue weighted by Crippen LogP contribution is 2.13. The fourth-order valence-corrected chi connectivity index (χ4v) is 1.40. The number of urea groups is 1. The molecular formula is C12H24N2O3. The van der Waals surface area contributed by atoms with Crippen molar-refractivity contribution in [2.24, 2.45) is 0 Å². The molecule has 0 radical (unpaired) electrons. The molecule has 2 amide bonds. The lowest BCUT2D eigenvalue weighted by atomic mass is 10.0. The Hall–Kier alpha value is -1.26. The summed E-state index contributed by atoms with van der Waals surface area (Å²) in [5.41, 5.74) is -1.20. The minimum Gasteiger partial charge on any atom is -0.480 e. The van der Waals surface area contributed by atoms with E-state index in [0.717, 1.165) is 19.3 Å². The van der Waals surface area contributed by atoms with E-state index >= 15 is 0 Å². The van der Waals surface area contributed by atoms with Crippen molar-refractivity contribution < 1.29 is 14.7 Å². The van der Waals surface area contributed by atoms with Crippen LogP contribution in [0.2, 0.25) is 0 Å². The van der Waals surface area contributed by atoms with Crippen LogP contribution in [-0.2, 0) is 4.79 Å². The number of aliphatic carboxylic acids is 1. The van der Waals surface area contributed by atoms with Crippen molar-refractivity contribution in [1.29, 1.82) is 0 Å². The number of hydrogen-bond donors (Lipinski definition) is 2. The third-order valence-corrected chi connectivity index (χ3v) is 3.12. The van der Waals surface area contributed by atoms with Gasteiger partial charge in [0.15, 0.2) is 0 Å². The van der Waals surface area contributed by atoms with Gasteiger partial charge in [0.25, 0.3) is 0 Å². The summed E-state index contributed by atoms with van der Waals surface area (Å²) < 4.78 is 0. The van der Waals surface area contributed by atoms with E-state index in [1.807, 2.05) is 6.92 Å². The number of carbonyl (C=O) groups excluding carboxylic acids is 1. The van der Waals surface area contributed by atoms with Gasteiger partial charge in [0.2, 0.25) is 0 Å². The first-order valence-corrected chi connectivity index (χ1v) is 6.05. The molecule has 0 saturated heterocycles. The van der Waals surface area contributed by atoms with Crippen LogP contribution >= 0.6 is 0 Å². The number of carbonyl (C=O) groups is 2. The molecular weight excluding hydrogens is 220 g/mol. The van der Waals surface area contributed by atoms with Crippen LogP contribution in [-0.4, -0.2) is 40.6 Å². The zero-order chi connectivity index (χ0) is 13.6. The molecule has 2 N–H and O–H groups in total. The third kappa shape index (κ3) is 4.24. The topological polar surface area (TPSA) is 69.6 Å². The van der Waals surface area contributed by atoms with Crippen LogP contribution in [0.4, 0.5) is 4.79 Å². The van der Waals surface area contributed by atoms with Crippen molar-refractivity contribution in [1.82, 2.24) is 10.2 Å². The second kappa shape index (κ2) is 6.47. The van der Waals surface area contributed by atoms with Gasteiger partial charge in [0.1, 0.15) is 5.54 Å². The molecule has 0 aliphatic heterocycles. The Morgan fingerprint density at radius 1 is 1.35 bits per heavy atom. The fourth-order valence-electron chi connectivity index (χ4n) is 1.40. The maximum absolute atomic E-state index is 11.9. The minimum absolute atomic E-state index is 0.111. The number of nitrogens with zero attached hydrogens (tertiary/aromatic N) is 1. The van der Waals surface area contributed by atoms with Gasteiger partial charge in [-0.1, -0.05) is 20.3 Å². The maximum Gasteiger partial charge on any atom is 0.329 e. The SMILES string of the molecule is CCCC(CC)NC(=O)N(C)C(C)(C)C(=O)O. The fraction of sp³-hybridized carbons (Fsp3) is 0.833. The number of carboxylic acid groups (broad SMARTS) is 1. The summed E-state index contributed by atoms with van der Waals surface area (Å²) in [6.07, 6.45) is 2.75. The number of nitrogens with one attached hydrogen (secondary N) is 1. The van der Waals surface area contributed by atoms with E-state index < -0.39 is 11.5 Å². The van der Waals surface area contributed by atoms with Crippen molar-refractivity contribution >= 4 is 12.0 Å². The lowest BCUT2D eigenvalue weighted by Gasteiger charge is -2.32. The second-order valence-electron chi connectivity index (χ2n) is 4.77. The molecule has 0 spiro atoms. The zero-order valence-corrected chi connectivity index (χ0v) is 11.4. The number of rotatable bonds is 6. The summed E-state index contributed by atoms with van der Waals surface area (Å²) in [4.78, 5) is 24.1. The van der Waals surface area contributed by atoms with E-state index in [1.54, 1.807) is 0 Å². The second-order valence-corrected chi connectivity index (χ2v) is 4.77. The molecule has 0 aromatic heterocycles. The van der Waals surface area contributed by atoms with Crippen molar-refractivity contribution in [3.63, 3.8) is 0 Å². The lowest BCUT2D eigenvalue weighted by molar-refractivity contribution is -0.146. The molecule has 0 saturated carbocycles. The number of likely N-dealkylation sites (N-methyl/N-ethyl adjacent to an activating group) is 1. The smallest absolute Gasteiger partial charge is 0.329 e. The van der Waals surface area contributed by atoms with E-state index in [2.05, 4.69) is 12.2 Å². The Bertz CT molecular complexity index is 277. The Morgan fingerprint density at radius 3 is 2.24 bits per heavy atom. The Balaban J connectivity index is 4.55. The van der Waals surface area contributed by atoms with Crippen LogP contribution in [0.15, 0.2) is 0 Å². The monoisotopic (exact) mass is 244 g/mol. The Labute approximate surface area is 103 Å². The molecule has 0 aromatic rings. The average Bonchev–Trinajstić information content (AvgIpc) is 2.26. The van der Waals surface area contributed by atoms with Crippen molar-refractivity contribution in [3.05, 3.63) is 0 Å². The van der Waals surface area contributed by atoms with E-state index in [4.69, 9.17) is 5.11 Å². The third-order valence-electron chi connectivity index (χ3n) is 3.12. The minimum atomic E-state index is -1.20. The number of carboxylic acids is 1. The summed E-state index contributed by atoms with van der Waals surface area (Å²) in [5.74, 6) is -1.02. The first-order chi connectivity index (χ1) is 7.77. The number of amides is 2. The lowest BCUT2D eigenvalue weighted by Crippen LogP contribution is -2.55. The van der Waals surface area contributed by atoms with E-state index in [9.17, 15) is 9.59 Å². The number of hydrogen-bond acceptors (Lipinski definition) is 2. The molecule has 100 valence electrons. The molecule has 5 nitrogen and oxygen atoms in total. The first-order valence-electron chi connectivity index (χ1n) is 6.05. The molecule has 5 heteroatoms. The van der Waals surface area contributed by atoms with Gasteiger partial charge in [0.05, 0.1) is 0 Å².